The number of carbonyl (C=O) groups excluding carboxylic acids is 1. The van der Waals surface area contributed by atoms with E-state index in [1.807, 2.05) is 44.2 Å². The first-order chi connectivity index (χ1) is 15.2. The summed E-state index contributed by atoms with van der Waals surface area (Å²) in [6, 6.07) is 21.3. The minimum atomic E-state index is -3.94. The van der Waals surface area contributed by atoms with E-state index in [1.54, 1.807) is 42.5 Å². The highest BCUT2D eigenvalue weighted by atomic mass is 79.9. The number of amides is 1. The summed E-state index contributed by atoms with van der Waals surface area (Å²) in [5.74, 6) is -0.382. The van der Waals surface area contributed by atoms with Crippen LogP contribution in [0.1, 0.15) is 36.6 Å². The summed E-state index contributed by atoms with van der Waals surface area (Å²) in [6.45, 7) is 5.54. The molecule has 0 spiro atoms. The number of carbonyl (C=O) groups is 1. The molecule has 0 aromatic heterocycles. The summed E-state index contributed by atoms with van der Waals surface area (Å²) in [6.07, 6.45) is 0.944. The fraction of sp³-hybridized carbons (Fsp3) is 0.240. The number of nitrogens with one attached hydrogen (secondary N) is 1. The summed E-state index contributed by atoms with van der Waals surface area (Å²) >= 11 is 3.39. The zero-order chi connectivity index (χ0) is 23.3. The molecule has 1 amide bonds. The van der Waals surface area contributed by atoms with E-state index in [4.69, 9.17) is 0 Å². The fourth-order valence-corrected chi connectivity index (χ4v) is 5.13. The third-order valence-corrected chi connectivity index (χ3v) is 7.54. The lowest BCUT2D eigenvalue weighted by Crippen LogP contribution is -2.41. The molecule has 0 saturated heterocycles. The van der Waals surface area contributed by atoms with Crippen LogP contribution in [-0.2, 0) is 21.2 Å². The smallest absolute Gasteiger partial charge is 0.264 e. The van der Waals surface area contributed by atoms with Crippen molar-refractivity contribution in [2.45, 2.75) is 38.1 Å². The van der Waals surface area contributed by atoms with Crippen LogP contribution >= 0.6 is 15.9 Å². The van der Waals surface area contributed by atoms with E-state index in [-0.39, 0.29) is 23.4 Å². The lowest BCUT2D eigenvalue weighted by molar-refractivity contribution is -0.120. The Morgan fingerprint density at radius 2 is 1.69 bits per heavy atom. The number of nitrogens with zero attached hydrogens (tertiary/aromatic N) is 1. The van der Waals surface area contributed by atoms with Crippen LogP contribution in [0.15, 0.2) is 82.2 Å². The van der Waals surface area contributed by atoms with Gasteiger partial charge in [-0.1, -0.05) is 70.9 Å². The molecule has 3 rings (SSSR count). The van der Waals surface area contributed by atoms with Crippen LogP contribution < -0.4 is 9.62 Å². The second kappa shape index (κ2) is 10.3. The van der Waals surface area contributed by atoms with Crippen molar-refractivity contribution in [3.8, 4) is 0 Å². The van der Waals surface area contributed by atoms with Crippen LogP contribution in [0, 0.1) is 6.92 Å². The lowest BCUT2D eigenvalue weighted by atomic mass is 10.1. The van der Waals surface area contributed by atoms with Gasteiger partial charge in [0.25, 0.3) is 10.0 Å². The van der Waals surface area contributed by atoms with Crippen molar-refractivity contribution >= 4 is 37.5 Å². The molecule has 0 fully saturated rings. The Labute approximate surface area is 198 Å². The molecular formula is C25H27BrN2O3S. The maximum atomic E-state index is 13.4. The van der Waals surface area contributed by atoms with Crippen LogP contribution in [0.25, 0.3) is 0 Å². The van der Waals surface area contributed by atoms with Gasteiger partial charge in [0.05, 0.1) is 16.6 Å². The Bertz CT molecular complexity index is 1180. The van der Waals surface area contributed by atoms with Crippen molar-refractivity contribution in [2.24, 2.45) is 0 Å². The van der Waals surface area contributed by atoms with Gasteiger partial charge in [-0.25, -0.2) is 8.42 Å². The number of anilines is 1. The Balaban J connectivity index is 1.86. The molecule has 0 heterocycles. The lowest BCUT2D eigenvalue weighted by Gasteiger charge is -2.25. The van der Waals surface area contributed by atoms with Crippen LogP contribution in [0.4, 0.5) is 5.69 Å². The number of sulfonamides is 1. The van der Waals surface area contributed by atoms with Gasteiger partial charge < -0.3 is 5.32 Å². The van der Waals surface area contributed by atoms with Crippen LogP contribution in [0.2, 0.25) is 0 Å². The molecule has 1 N–H and O–H groups in total. The molecule has 3 aromatic rings. The van der Waals surface area contributed by atoms with Gasteiger partial charge in [-0.15, -0.1) is 0 Å². The predicted octanol–water partition coefficient (Wildman–Crippen LogP) is 5.39. The molecule has 168 valence electrons. The molecule has 0 unspecified atom stereocenters. The third-order valence-electron chi connectivity index (χ3n) is 5.26. The van der Waals surface area contributed by atoms with E-state index in [0.717, 1.165) is 26.3 Å². The van der Waals surface area contributed by atoms with E-state index in [2.05, 4.69) is 28.2 Å². The average Bonchev–Trinajstić information content (AvgIpc) is 2.77. The number of hydrogen-bond donors (Lipinski definition) is 1. The predicted molar refractivity (Wildman–Crippen MR) is 132 cm³/mol. The number of halogens is 1. The van der Waals surface area contributed by atoms with Crippen molar-refractivity contribution < 1.29 is 13.2 Å². The molecule has 0 aliphatic heterocycles. The molecule has 5 nitrogen and oxygen atoms in total. The fourth-order valence-electron chi connectivity index (χ4n) is 3.33. The van der Waals surface area contributed by atoms with Gasteiger partial charge >= 0.3 is 0 Å². The molecule has 0 aliphatic carbocycles. The van der Waals surface area contributed by atoms with E-state index in [1.165, 1.54) is 5.56 Å². The van der Waals surface area contributed by atoms with Crippen LogP contribution in [-0.4, -0.2) is 20.9 Å². The number of rotatable bonds is 8. The van der Waals surface area contributed by atoms with Crippen molar-refractivity contribution in [3.05, 3.63) is 94.0 Å². The minimum Gasteiger partial charge on any atom is -0.348 e. The molecule has 1 atom stereocenters. The van der Waals surface area contributed by atoms with Gasteiger partial charge in [0.2, 0.25) is 5.91 Å². The highest BCUT2D eigenvalue weighted by Gasteiger charge is 2.27. The second-order valence-electron chi connectivity index (χ2n) is 7.69. The van der Waals surface area contributed by atoms with Crippen molar-refractivity contribution in [1.29, 1.82) is 0 Å². The van der Waals surface area contributed by atoms with Gasteiger partial charge in [0.15, 0.2) is 0 Å². The Hall–Kier alpha value is -2.64. The third kappa shape index (κ3) is 5.78. The molecule has 0 aliphatic rings. The van der Waals surface area contributed by atoms with Gasteiger partial charge in [-0.2, -0.15) is 0 Å². The van der Waals surface area contributed by atoms with Gasteiger partial charge in [-0.05, 0) is 61.7 Å². The maximum absolute atomic E-state index is 13.4. The first-order valence-corrected chi connectivity index (χ1v) is 12.7. The quantitative estimate of drug-likeness (QED) is 0.438. The van der Waals surface area contributed by atoms with Crippen molar-refractivity contribution in [1.82, 2.24) is 5.32 Å². The molecule has 32 heavy (non-hydrogen) atoms. The van der Waals surface area contributed by atoms with Crippen molar-refractivity contribution in [2.75, 3.05) is 10.8 Å². The van der Waals surface area contributed by atoms with Crippen LogP contribution in [0.3, 0.4) is 0 Å². The molecular weight excluding hydrogens is 488 g/mol. The Morgan fingerprint density at radius 3 is 2.28 bits per heavy atom. The van der Waals surface area contributed by atoms with E-state index in [9.17, 15) is 13.2 Å². The summed E-state index contributed by atoms with van der Waals surface area (Å²) < 4.78 is 28.8. The van der Waals surface area contributed by atoms with Gasteiger partial charge in [0, 0.05) is 4.47 Å². The second-order valence-corrected chi connectivity index (χ2v) is 10.5. The zero-order valence-electron chi connectivity index (χ0n) is 18.4. The minimum absolute atomic E-state index is 0.138. The first kappa shape index (κ1) is 24.0. The number of benzene rings is 3. The zero-order valence-corrected chi connectivity index (χ0v) is 20.8. The Kier molecular flexibility index (Phi) is 7.74. The van der Waals surface area contributed by atoms with E-state index >= 15 is 0 Å². The summed E-state index contributed by atoms with van der Waals surface area (Å²) in [5, 5.41) is 2.92. The largest absolute Gasteiger partial charge is 0.348 e. The highest BCUT2D eigenvalue weighted by molar-refractivity contribution is 9.10. The maximum Gasteiger partial charge on any atom is 0.264 e. The van der Waals surface area contributed by atoms with Crippen LogP contribution in [0.5, 0.6) is 0 Å². The standard InChI is InChI=1S/C25H27BrN2O3S/c1-4-20-10-12-21(13-11-20)19(3)27-25(29)17-28(23-7-5-6-22(26)16-23)32(30,31)24-14-8-18(2)9-15-24/h5-16,19H,4,17H2,1-3H3,(H,27,29)/t19-/m0/s1. The topological polar surface area (TPSA) is 66.5 Å². The average molecular weight is 515 g/mol. The van der Waals surface area contributed by atoms with E-state index in [0.29, 0.717) is 5.69 Å². The monoisotopic (exact) mass is 514 g/mol. The molecule has 3 aromatic carbocycles. The number of aryl methyl sites for hydroxylation is 2. The summed E-state index contributed by atoms with van der Waals surface area (Å²) in [4.78, 5) is 13.1. The molecule has 7 heteroatoms. The summed E-state index contributed by atoms with van der Waals surface area (Å²) in [5.41, 5.74) is 3.55. The van der Waals surface area contributed by atoms with Gasteiger partial charge in [0.1, 0.15) is 6.54 Å². The SMILES string of the molecule is CCc1ccc([C@H](C)NC(=O)CN(c2cccc(Br)c2)S(=O)(=O)c2ccc(C)cc2)cc1. The first-order valence-electron chi connectivity index (χ1n) is 10.4. The van der Waals surface area contributed by atoms with Gasteiger partial charge in [-0.3, -0.25) is 9.10 Å². The number of hydrogen-bond acceptors (Lipinski definition) is 3. The Morgan fingerprint density at radius 1 is 1.03 bits per heavy atom. The highest BCUT2D eigenvalue weighted by Crippen LogP contribution is 2.26. The molecule has 0 saturated carbocycles. The summed E-state index contributed by atoms with van der Waals surface area (Å²) in [7, 11) is -3.94. The molecule has 0 bridgehead atoms. The molecule has 0 radical (unpaired) electrons. The van der Waals surface area contributed by atoms with E-state index < -0.39 is 10.0 Å². The normalized spacial score (nSPS) is 12.2. The van der Waals surface area contributed by atoms with Crippen molar-refractivity contribution in [3.63, 3.8) is 0 Å².